The molecule has 0 heterocycles. The Balaban J connectivity index is -0.00000382. The van der Waals surface area contributed by atoms with Gasteiger partial charge in [0.2, 0.25) is 0 Å². The molecule has 264 valence electrons. The fraction of sp³-hybridized carbons (Fsp3) is 1.00. The number of unbranched alkanes of at least 4 members (excludes halogenated alkanes) is 30. The largest absolute Gasteiger partial charge is 1.00 e. The van der Waals surface area contributed by atoms with Crippen molar-refractivity contribution in [2.24, 2.45) is 0 Å². The maximum atomic E-state index is 7.57. The molecule has 0 fully saturated rings. The van der Waals surface area contributed by atoms with E-state index in [1.54, 1.807) is 6.92 Å². The molecule has 1 N–H and O–H groups in total. The van der Waals surface area contributed by atoms with Gasteiger partial charge in [0.25, 0.3) is 0 Å². The van der Waals surface area contributed by atoms with Crippen molar-refractivity contribution in [3.8, 4) is 0 Å². The highest BCUT2D eigenvalue weighted by Gasteiger charge is 2.13. The molecule has 0 saturated heterocycles. The van der Waals surface area contributed by atoms with E-state index in [1.165, 1.54) is 223 Å². The number of aliphatic hydroxyl groups excluding tert-OH is 1. The monoisotopic (exact) mass is 632 g/mol. The van der Waals surface area contributed by atoms with Gasteiger partial charge in [-0.1, -0.05) is 194 Å². The van der Waals surface area contributed by atoms with Crippen LogP contribution < -0.4 is 12.4 Å². The third kappa shape index (κ3) is 46.7. The highest BCUT2D eigenvalue weighted by molar-refractivity contribution is 4.52. The van der Waals surface area contributed by atoms with Gasteiger partial charge in [-0.25, -0.2) is 0 Å². The molecule has 0 aromatic heterocycles. The van der Waals surface area contributed by atoms with Gasteiger partial charge in [-0.05, 0) is 32.6 Å². The number of quaternary nitrogens is 1. The molecule has 0 aliphatic heterocycles. The number of halogens is 1. The van der Waals surface area contributed by atoms with Crippen LogP contribution in [0.15, 0.2) is 0 Å². The quantitative estimate of drug-likeness (QED) is 0.0553. The maximum absolute atomic E-state index is 7.57. The third-order valence-corrected chi connectivity index (χ3v) is 9.23. The SMILES string of the molecule is CCCCCCCCCCCCCCCCCC[N+](C)(C)CCCCCCCCCCCCCCCCCC.CCO.[Cl-]. The van der Waals surface area contributed by atoms with Crippen molar-refractivity contribution in [3.05, 3.63) is 0 Å². The normalized spacial score (nSPS) is 11.3. The second-order valence-electron chi connectivity index (χ2n) is 14.3. The smallest absolute Gasteiger partial charge is 0.0782 e. The predicted molar refractivity (Wildman–Crippen MR) is 194 cm³/mol. The maximum Gasteiger partial charge on any atom is 0.0782 e. The van der Waals surface area contributed by atoms with Crippen LogP contribution in [0.4, 0.5) is 0 Å². The van der Waals surface area contributed by atoms with Crippen LogP contribution in [0.25, 0.3) is 0 Å². The minimum absolute atomic E-state index is 0. The van der Waals surface area contributed by atoms with Crippen molar-refractivity contribution in [1.82, 2.24) is 0 Å². The van der Waals surface area contributed by atoms with E-state index in [2.05, 4.69) is 27.9 Å². The molecular weight excluding hydrogens is 546 g/mol. The Hall–Kier alpha value is 0.210. The van der Waals surface area contributed by atoms with Gasteiger partial charge >= 0.3 is 0 Å². The van der Waals surface area contributed by atoms with Crippen molar-refractivity contribution in [2.45, 2.75) is 226 Å². The Morgan fingerprint density at radius 2 is 0.442 bits per heavy atom. The van der Waals surface area contributed by atoms with Crippen LogP contribution in [0, 0.1) is 0 Å². The lowest BCUT2D eigenvalue weighted by Gasteiger charge is -2.30. The summed E-state index contributed by atoms with van der Waals surface area (Å²) in [6, 6.07) is 0. The number of nitrogens with zero attached hydrogens (tertiary/aromatic N) is 1. The summed E-state index contributed by atoms with van der Waals surface area (Å²) in [6.45, 7) is 9.32. The molecule has 0 aromatic carbocycles. The van der Waals surface area contributed by atoms with Gasteiger partial charge in [0, 0.05) is 6.61 Å². The predicted octanol–water partition coefficient (Wildman–Crippen LogP) is 10.6. The van der Waals surface area contributed by atoms with Crippen LogP contribution in [0.3, 0.4) is 0 Å². The molecule has 0 amide bonds. The zero-order valence-electron chi connectivity index (χ0n) is 31.0. The van der Waals surface area contributed by atoms with E-state index < -0.39 is 0 Å². The summed E-state index contributed by atoms with van der Waals surface area (Å²) in [4.78, 5) is 0. The van der Waals surface area contributed by atoms with Crippen molar-refractivity contribution < 1.29 is 22.0 Å². The van der Waals surface area contributed by atoms with Crippen LogP contribution >= 0.6 is 0 Å². The Labute approximate surface area is 281 Å². The molecular formula is C40H86ClNO. The minimum Gasteiger partial charge on any atom is -1.00 e. The van der Waals surface area contributed by atoms with Gasteiger partial charge in [-0.15, -0.1) is 0 Å². The molecule has 0 radical (unpaired) electrons. The molecule has 0 bridgehead atoms. The molecule has 0 saturated carbocycles. The minimum atomic E-state index is 0. The van der Waals surface area contributed by atoms with Crippen LogP contribution in [0.5, 0.6) is 0 Å². The molecule has 0 spiro atoms. The Bertz CT molecular complexity index is 418. The van der Waals surface area contributed by atoms with Crippen molar-refractivity contribution in [3.63, 3.8) is 0 Å². The topological polar surface area (TPSA) is 20.2 Å². The standard InChI is InChI=1S/C38H80N.C2H6O.ClH/c1-5-7-9-11-13-15-17-19-21-23-25-27-29-31-33-35-37-39(3,4)38-36-34-32-30-28-26-24-22-20-18-16-14-12-10-8-6-2;1-2-3;/h5-38H2,1-4H3;3H,2H2,1H3;1H/q+1;;/p-1. The molecule has 43 heavy (non-hydrogen) atoms. The van der Waals surface area contributed by atoms with Gasteiger partial charge in [0.15, 0.2) is 0 Å². The van der Waals surface area contributed by atoms with E-state index in [0.29, 0.717) is 0 Å². The molecule has 0 unspecified atom stereocenters. The number of hydrogen-bond acceptors (Lipinski definition) is 1. The molecule has 0 aliphatic carbocycles. The van der Waals surface area contributed by atoms with Gasteiger partial charge in [0.05, 0.1) is 27.2 Å². The Morgan fingerprint density at radius 1 is 0.302 bits per heavy atom. The first kappa shape index (κ1) is 47.6. The average molecular weight is 633 g/mol. The molecule has 0 atom stereocenters. The van der Waals surface area contributed by atoms with Crippen molar-refractivity contribution in [2.75, 3.05) is 33.8 Å². The Kier molecular flexibility index (Phi) is 46.7. The van der Waals surface area contributed by atoms with Crippen molar-refractivity contribution >= 4 is 0 Å². The second kappa shape index (κ2) is 42.2. The van der Waals surface area contributed by atoms with Crippen LogP contribution in [-0.2, 0) is 0 Å². The fourth-order valence-corrected chi connectivity index (χ4v) is 6.29. The first-order valence-electron chi connectivity index (χ1n) is 20.0. The molecule has 3 heteroatoms. The average Bonchev–Trinajstić information content (AvgIpc) is 2.97. The summed E-state index contributed by atoms with van der Waals surface area (Å²) in [5, 5.41) is 7.57. The van der Waals surface area contributed by atoms with Crippen LogP contribution in [0.1, 0.15) is 226 Å². The number of aliphatic hydroxyl groups is 1. The van der Waals surface area contributed by atoms with Crippen molar-refractivity contribution in [1.29, 1.82) is 0 Å². The van der Waals surface area contributed by atoms with E-state index in [9.17, 15) is 0 Å². The molecule has 0 aromatic rings. The van der Waals surface area contributed by atoms with E-state index in [-0.39, 0.29) is 19.0 Å². The molecule has 2 nitrogen and oxygen atoms in total. The van der Waals surface area contributed by atoms with E-state index in [0.717, 1.165) is 0 Å². The highest BCUT2D eigenvalue weighted by Crippen LogP contribution is 2.16. The molecule has 0 rings (SSSR count). The summed E-state index contributed by atoms with van der Waals surface area (Å²) in [7, 11) is 4.94. The third-order valence-electron chi connectivity index (χ3n) is 9.23. The molecule has 0 aliphatic rings. The van der Waals surface area contributed by atoms with Gasteiger partial charge in [-0.3, -0.25) is 0 Å². The summed E-state index contributed by atoms with van der Waals surface area (Å²) >= 11 is 0. The zero-order valence-corrected chi connectivity index (χ0v) is 31.8. The summed E-state index contributed by atoms with van der Waals surface area (Å²) in [6.07, 6.45) is 46.9. The van der Waals surface area contributed by atoms with Gasteiger partial charge < -0.3 is 22.0 Å². The summed E-state index contributed by atoms with van der Waals surface area (Å²) in [5.74, 6) is 0. The number of hydrogen-bond donors (Lipinski definition) is 1. The summed E-state index contributed by atoms with van der Waals surface area (Å²) < 4.78 is 1.25. The lowest BCUT2D eigenvalue weighted by atomic mass is 10.0. The first-order valence-corrected chi connectivity index (χ1v) is 20.0. The lowest BCUT2D eigenvalue weighted by molar-refractivity contribution is -0.890. The second-order valence-corrected chi connectivity index (χ2v) is 14.3. The first-order chi connectivity index (χ1) is 20.5. The Morgan fingerprint density at radius 3 is 0.605 bits per heavy atom. The zero-order chi connectivity index (χ0) is 31.2. The highest BCUT2D eigenvalue weighted by atomic mass is 35.5. The van der Waals surface area contributed by atoms with E-state index >= 15 is 0 Å². The van der Waals surface area contributed by atoms with Crippen LogP contribution in [-0.4, -0.2) is 43.4 Å². The van der Waals surface area contributed by atoms with Crippen LogP contribution in [0.2, 0.25) is 0 Å². The fourth-order valence-electron chi connectivity index (χ4n) is 6.29. The lowest BCUT2D eigenvalue weighted by Crippen LogP contribution is -3.00. The van der Waals surface area contributed by atoms with E-state index in [1.807, 2.05) is 0 Å². The van der Waals surface area contributed by atoms with Gasteiger partial charge in [0.1, 0.15) is 0 Å². The number of rotatable bonds is 34. The van der Waals surface area contributed by atoms with Gasteiger partial charge in [-0.2, -0.15) is 0 Å². The summed E-state index contributed by atoms with van der Waals surface area (Å²) in [5.41, 5.74) is 0. The van der Waals surface area contributed by atoms with E-state index in [4.69, 9.17) is 5.11 Å².